The van der Waals surface area contributed by atoms with Gasteiger partial charge in [0, 0.05) is 37.7 Å². The van der Waals surface area contributed by atoms with Gasteiger partial charge in [-0.05, 0) is 48.1 Å². The quantitative estimate of drug-likeness (QED) is 0.761. The van der Waals surface area contributed by atoms with Gasteiger partial charge in [-0.1, -0.05) is 23.7 Å². The van der Waals surface area contributed by atoms with Crippen LogP contribution >= 0.6 is 23.8 Å². The number of hydrogen-bond donors (Lipinski definition) is 1. The van der Waals surface area contributed by atoms with E-state index in [4.69, 9.17) is 33.3 Å². The highest BCUT2D eigenvalue weighted by atomic mass is 35.5. The van der Waals surface area contributed by atoms with Crippen LogP contribution in [0.25, 0.3) is 0 Å². The Morgan fingerprint density at radius 3 is 2.56 bits per heavy atom. The summed E-state index contributed by atoms with van der Waals surface area (Å²) in [5.74, 6) is 1.62. The number of nitrogens with one attached hydrogen (secondary N) is 1. The van der Waals surface area contributed by atoms with Crippen molar-refractivity contribution in [2.24, 2.45) is 0 Å². The Labute approximate surface area is 170 Å². The molecular formula is C20H24ClN3O2S. The highest BCUT2D eigenvalue weighted by Crippen LogP contribution is 2.28. The molecule has 0 atom stereocenters. The molecule has 1 aliphatic heterocycles. The first-order valence-corrected chi connectivity index (χ1v) is 9.62. The molecule has 0 saturated carbocycles. The van der Waals surface area contributed by atoms with Crippen LogP contribution < -0.4 is 14.8 Å². The van der Waals surface area contributed by atoms with Gasteiger partial charge in [0.05, 0.1) is 19.9 Å². The molecule has 1 heterocycles. The maximum atomic E-state index is 6.09. The summed E-state index contributed by atoms with van der Waals surface area (Å²) in [6.45, 7) is 4.56. The van der Waals surface area contributed by atoms with Crippen LogP contribution in [-0.4, -0.2) is 55.3 Å². The van der Waals surface area contributed by atoms with Crippen LogP contribution in [0.3, 0.4) is 0 Å². The fourth-order valence-corrected chi connectivity index (χ4v) is 3.57. The summed E-state index contributed by atoms with van der Waals surface area (Å²) in [5.41, 5.74) is 2.04. The number of methoxy groups -OCH3 is 2. The van der Waals surface area contributed by atoms with Crippen LogP contribution in [0.15, 0.2) is 42.5 Å². The zero-order valence-electron chi connectivity index (χ0n) is 15.6. The van der Waals surface area contributed by atoms with Crippen molar-refractivity contribution in [2.45, 2.75) is 6.54 Å². The first kappa shape index (κ1) is 19.7. The van der Waals surface area contributed by atoms with Crippen LogP contribution in [-0.2, 0) is 6.54 Å². The van der Waals surface area contributed by atoms with Crippen LogP contribution in [0, 0.1) is 0 Å². The van der Waals surface area contributed by atoms with Crippen LogP contribution in [0.5, 0.6) is 11.5 Å². The van der Waals surface area contributed by atoms with Crippen molar-refractivity contribution < 1.29 is 9.47 Å². The summed E-state index contributed by atoms with van der Waals surface area (Å²) in [4.78, 5) is 4.60. The zero-order chi connectivity index (χ0) is 19.2. The summed E-state index contributed by atoms with van der Waals surface area (Å²) in [6.07, 6.45) is 0. The number of nitrogens with zero attached hydrogens (tertiary/aromatic N) is 2. The molecule has 0 radical (unpaired) electrons. The van der Waals surface area contributed by atoms with E-state index in [1.54, 1.807) is 20.3 Å². The molecule has 0 aromatic heterocycles. The molecule has 1 N–H and O–H groups in total. The maximum absolute atomic E-state index is 6.09. The van der Waals surface area contributed by atoms with E-state index in [9.17, 15) is 0 Å². The predicted molar refractivity (Wildman–Crippen MR) is 114 cm³/mol. The van der Waals surface area contributed by atoms with Crippen LogP contribution in [0.1, 0.15) is 5.56 Å². The topological polar surface area (TPSA) is 37.0 Å². The average Bonchev–Trinajstić information content (AvgIpc) is 2.69. The molecular weight excluding hydrogens is 382 g/mol. The number of anilines is 1. The van der Waals surface area contributed by atoms with Gasteiger partial charge >= 0.3 is 0 Å². The lowest BCUT2D eigenvalue weighted by atomic mass is 10.2. The normalized spacial score (nSPS) is 14.7. The van der Waals surface area contributed by atoms with E-state index in [0.29, 0.717) is 10.1 Å². The Morgan fingerprint density at radius 1 is 1.07 bits per heavy atom. The monoisotopic (exact) mass is 405 g/mol. The second-order valence-electron chi connectivity index (χ2n) is 6.39. The molecule has 2 aromatic carbocycles. The van der Waals surface area contributed by atoms with Gasteiger partial charge in [0.25, 0.3) is 0 Å². The first-order valence-electron chi connectivity index (χ1n) is 8.84. The summed E-state index contributed by atoms with van der Waals surface area (Å²) < 4.78 is 10.7. The predicted octanol–water partition coefficient (Wildman–Crippen LogP) is 3.87. The van der Waals surface area contributed by atoms with Crippen molar-refractivity contribution in [3.05, 3.63) is 53.1 Å². The van der Waals surface area contributed by atoms with Crippen molar-refractivity contribution in [2.75, 3.05) is 45.7 Å². The van der Waals surface area contributed by atoms with Gasteiger partial charge in [-0.15, -0.1) is 0 Å². The summed E-state index contributed by atoms with van der Waals surface area (Å²) in [7, 11) is 3.33. The third-order valence-corrected chi connectivity index (χ3v) is 5.20. The highest BCUT2D eigenvalue weighted by Gasteiger charge is 2.20. The molecule has 3 rings (SSSR count). The lowest BCUT2D eigenvalue weighted by Crippen LogP contribution is -2.49. The summed E-state index contributed by atoms with van der Waals surface area (Å²) in [6, 6.07) is 13.7. The Balaban J connectivity index is 1.54. The number of hydrogen-bond acceptors (Lipinski definition) is 4. The van der Waals surface area contributed by atoms with Gasteiger partial charge in [-0.3, -0.25) is 4.90 Å². The third kappa shape index (κ3) is 5.25. The molecule has 0 bridgehead atoms. The molecule has 5 nitrogen and oxygen atoms in total. The van der Waals surface area contributed by atoms with E-state index in [-0.39, 0.29) is 0 Å². The number of ether oxygens (including phenoxy) is 2. The zero-order valence-corrected chi connectivity index (χ0v) is 17.1. The fraction of sp³-hybridized carbons (Fsp3) is 0.350. The van der Waals surface area contributed by atoms with Gasteiger partial charge in [-0.25, -0.2) is 0 Å². The number of benzene rings is 2. The first-order chi connectivity index (χ1) is 13.1. The fourth-order valence-electron chi connectivity index (χ4n) is 3.11. The lowest BCUT2D eigenvalue weighted by Gasteiger charge is -2.36. The number of halogens is 1. The van der Waals surface area contributed by atoms with Gasteiger partial charge in [0.1, 0.15) is 11.5 Å². The molecule has 0 unspecified atom stereocenters. The third-order valence-electron chi connectivity index (χ3n) is 4.60. The largest absolute Gasteiger partial charge is 0.497 e. The van der Waals surface area contributed by atoms with Crippen molar-refractivity contribution in [3.63, 3.8) is 0 Å². The second-order valence-corrected chi connectivity index (χ2v) is 7.21. The van der Waals surface area contributed by atoms with Crippen molar-refractivity contribution in [3.8, 4) is 11.5 Å². The van der Waals surface area contributed by atoms with Crippen molar-refractivity contribution >= 4 is 34.6 Å². The molecule has 1 saturated heterocycles. The van der Waals surface area contributed by atoms with E-state index in [1.807, 2.05) is 24.3 Å². The molecule has 0 aliphatic carbocycles. The van der Waals surface area contributed by atoms with E-state index >= 15 is 0 Å². The summed E-state index contributed by atoms with van der Waals surface area (Å²) >= 11 is 11.7. The van der Waals surface area contributed by atoms with Gasteiger partial charge < -0.3 is 19.7 Å². The standard InChI is InChI=1S/C20H24ClN3O2S/c1-25-17-5-3-4-15(12-17)14-23-8-10-24(11-9-23)20(27)22-18-13-16(21)6-7-19(18)26-2/h3-7,12-13H,8-11,14H2,1-2H3,(H,22,27). The maximum Gasteiger partial charge on any atom is 0.173 e. The Bertz CT molecular complexity index is 795. The Morgan fingerprint density at radius 2 is 1.85 bits per heavy atom. The van der Waals surface area contributed by atoms with Gasteiger partial charge in [0.15, 0.2) is 5.11 Å². The number of rotatable bonds is 5. The molecule has 144 valence electrons. The SMILES string of the molecule is COc1cccc(CN2CCN(C(=S)Nc3cc(Cl)ccc3OC)CC2)c1. The Kier molecular flexibility index (Phi) is 6.77. The van der Waals surface area contributed by atoms with E-state index in [0.717, 1.165) is 49.9 Å². The summed E-state index contributed by atoms with van der Waals surface area (Å²) in [5, 5.41) is 4.60. The minimum atomic E-state index is 0.643. The lowest BCUT2D eigenvalue weighted by molar-refractivity contribution is 0.177. The van der Waals surface area contributed by atoms with E-state index < -0.39 is 0 Å². The van der Waals surface area contributed by atoms with Crippen molar-refractivity contribution in [1.82, 2.24) is 9.80 Å². The van der Waals surface area contributed by atoms with E-state index in [2.05, 4.69) is 27.2 Å². The minimum absolute atomic E-state index is 0.643. The Hall–Kier alpha value is -2.02. The molecule has 7 heteroatoms. The number of thiocarbonyl (C=S) groups is 1. The minimum Gasteiger partial charge on any atom is -0.497 e. The smallest absolute Gasteiger partial charge is 0.173 e. The molecule has 1 aliphatic rings. The van der Waals surface area contributed by atoms with Crippen LogP contribution in [0.4, 0.5) is 5.69 Å². The average molecular weight is 406 g/mol. The highest BCUT2D eigenvalue weighted by molar-refractivity contribution is 7.80. The number of piperazine rings is 1. The van der Waals surface area contributed by atoms with E-state index in [1.165, 1.54) is 5.56 Å². The molecule has 0 spiro atoms. The van der Waals surface area contributed by atoms with Crippen molar-refractivity contribution in [1.29, 1.82) is 0 Å². The van der Waals surface area contributed by atoms with Gasteiger partial charge in [0.2, 0.25) is 0 Å². The molecule has 27 heavy (non-hydrogen) atoms. The second kappa shape index (κ2) is 9.26. The molecule has 2 aromatic rings. The molecule has 1 fully saturated rings. The van der Waals surface area contributed by atoms with Crippen LogP contribution in [0.2, 0.25) is 5.02 Å². The molecule has 0 amide bonds. The van der Waals surface area contributed by atoms with Gasteiger partial charge in [-0.2, -0.15) is 0 Å².